The summed E-state index contributed by atoms with van der Waals surface area (Å²) in [6.45, 7) is 0.655. The number of nitrogens with zero attached hydrogens (tertiary/aromatic N) is 4. The minimum atomic E-state index is 0.655. The van der Waals surface area contributed by atoms with Gasteiger partial charge in [-0.2, -0.15) is 5.10 Å². The molecule has 3 heterocycles. The predicted molar refractivity (Wildman–Crippen MR) is 68.6 cm³/mol. The second-order valence-corrected chi connectivity index (χ2v) is 4.60. The summed E-state index contributed by atoms with van der Waals surface area (Å²) in [7, 11) is 0. The molecule has 0 amide bonds. The average molecular weight is 289 g/mol. The Labute approximate surface area is 106 Å². The molecule has 3 aromatic rings. The van der Waals surface area contributed by atoms with Crippen LogP contribution < -0.4 is 0 Å². The fourth-order valence-corrected chi connectivity index (χ4v) is 2.02. The zero-order valence-electron chi connectivity index (χ0n) is 8.92. The van der Waals surface area contributed by atoms with E-state index in [9.17, 15) is 0 Å². The molecule has 0 spiro atoms. The van der Waals surface area contributed by atoms with Crippen LogP contribution in [0.4, 0.5) is 0 Å². The van der Waals surface area contributed by atoms with Gasteiger partial charge in [-0.1, -0.05) is 6.07 Å². The Morgan fingerprint density at radius 1 is 1.18 bits per heavy atom. The Hall–Kier alpha value is -1.75. The van der Waals surface area contributed by atoms with Crippen LogP contribution in [-0.4, -0.2) is 19.7 Å². The van der Waals surface area contributed by atoms with Crippen LogP contribution in [0.3, 0.4) is 0 Å². The molecule has 0 unspecified atom stereocenters. The van der Waals surface area contributed by atoms with Gasteiger partial charge in [-0.15, -0.1) is 0 Å². The maximum absolute atomic E-state index is 4.33. The van der Waals surface area contributed by atoms with Crippen LogP contribution in [0.15, 0.2) is 47.3 Å². The first-order valence-corrected chi connectivity index (χ1v) is 5.99. The number of pyridine rings is 2. The molecule has 0 aliphatic carbocycles. The largest absolute Gasteiger partial charge is 0.259 e. The number of hydrogen-bond acceptors (Lipinski definition) is 3. The number of hydrogen-bond donors (Lipinski definition) is 0. The molecule has 3 rings (SSSR count). The monoisotopic (exact) mass is 288 g/mol. The second-order valence-electron chi connectivity index (χ2n) is 3.68. The van der Waals surface area contributed by atoms with Crippen molar-refractivity contribution in [2.45, 2.75) is 6.54 Å². The molecular formula is C12H9BrN4. The summed E-state index contributed by atoms with van der Waals surface area (Å²) in [5, 5.41) is 4.33. The van der Waals surface area contributed by atoms with E-state index in [4.69, 9.17) is 0 Å². The quantitative estimate of drug-likeness (QED) is 0.728. The maximum atomic E-state index is 4.33. The SMILES string of the molecule is Brc1cnc2cnn(Cc3ccccn3)c2c1. The first-order valence-electron chi connectivity index (χ1n) is 5.20. The van der Waals surface area contributed by atoms with E-state index in [0.29, 0.717) is 6.54 Å². The van der Waals surface area contributed by atoms with Crippen molar-refractivity contribution in [3.63, 3.8) is 0 Å². The molecule has 0 bridgehead atoms. The van der Waals surface area contributed by atoms with Gasteiger partial charge in [-0.3, -0.25) is 14.6 Å². The summed E-state index contributed by atoms with van der Waals surface area (Å²) in [5.74, 6) is 0. The Balaban J connectivity index is 2.03. The van der Waals surface area contributed by atoms with Gasteiger partial charge >= 0.3 is 0 Å². The van der Waals surface area contributed by atoms with Gasteiger partial charge in [0.15, 0.2) is 0 Å². The highest BCUT2D eigenvalue weighted by molar-refractivity contribution is 9.10. The zero-order valence-corrected chi connectivity index (χ0v) is 10.5. The van der Waals surface area contributed by atoms with E-state index in [1.165, 1.54) is 0 Å². The number of aromatic nitrogens is 4. The van der Waals surface area contributed by atoms with E-state index in [1.54, 1.807) is 18.6 Å². The summed E-state index contributed by atoms with van der Waals surface area (Å²) in [6.07, 6.45) is 5.33. The fourth-order valence-electron chi connectivity index (χ4n) is 1.70. The van der Waals surface area contributed by atoms with E-state index >= 15 is 0 Å². The number of halogens is 1. The van der Waals surface area contributed by atoms with Crippen molar-refractivity contribution in [3.8, 4) is 0 Å². The Kier molecular flexibility index (Phi) is 2.60. The van der Waals surface area contributed by atoms with Crippen molar-refractivity contribution in [1.82, 2.24) is 19.7 Å². The van der Waals surface area contributed by atoms with Crippen LogP contribution >= 0.6 is 15.9 Å². The predicted octanol–water partition coefficient (Wildman–Crippen LogP) is 2.64. The summed E-state index contributed by atoms with van der Waals surface area (Å²) in [4.78, 5) is 8.58. The molecule has 4 nitrogen and oxygen atoms in total. The normalized spacial score (nSPS) is 10.9. The van der Waals surface area contributed by atoms with E-state index in [0.717, 1.165) is 21.2 Å². The van der Waals surface area contributed by atoms with Crippen molar-refractivity contribution >= 4 is 27.0 Å². The third-order valence-electron chi connectivity index (χ3n) is 2.50. The highest BCUT2D eigenvalue weighted by Crippen LogP contribution is 2.17. The highest BCUT2D eigenvalue weighted by atomic mass is 79.9. The standard InChI is InChI=1S/C12H9BrN4/c13-9-5-12-11(15-6-9)7-16-17(12)8-10-3-1-2-4-14-10/h1-7H,8H2. The molecule has 0 fully saturated rings. The highest BCUT2D eigenvalue weighted by Gasteiger charge is 2.05. The third-order valence-corrected chi connectivity index (χ3v) is 2.93. The molecular weight excluding hydrogens is 280 g/mol. The van der Waals surface area contributed by atoms with E-state index < -0.39 is 0 Å². The third kappa shape index (κ3) is 2.06. The molecule has 5 heteroatoms. The molecule has 0 saturated carbocycles. The van der Waals surface area contributed by atoms with Crippen molar-refractivity contribution in [2.24, 2.45) is 0 Å². The lowest BCUT2D eigenvalue weighted by molar-refractivity contribution is 0.696. The number of rotatable bonds is 2. The van der Waals surface area contributed by atoms with Crippen LogP contribution in [0.5, 0.6) is 0 Å². The van der Waals surface area contributed by atoms with Crippen LogP contribution in [0, 0.1) is 0 Å². The lowest BCUT2D eigenvalue weighted by atomic mass is 10.3. The Bertz CT molecular complexity index is 648. The molecule has 0 aliphatic rings. The van der Waals surface area contributed by atoms with Gasteiger partial charge in [0.05, 0.1) is 24.0 Å². The van der Waals surface area contributed by atoms with Gasteiger partial charge in [0.1, 0.15) is 5.52 Å². The molecule has 3 aromatic heterocycles. The van der Waals surface area contributed by atoms with Crippen molar-refractivity contribution in [2.75, 3.05) is 0 Å². The molecule has 84 valence electrons. The van der Waals surface area contributed by atoms with Crippen molar-refractivity contribution in [1.29, 1.82) is 0 Å². The summed E-state index contributed by atoms with van der Waals surface area (Å²) in [5.41, 5.74) is 2.88. The second kappa shape index (κ2) is 4.25. The zero-order chi connectivity index (χ0) is 11.7. The molecule has 0 aliphatic heterocycles. The Morgan fingerprint density at radius 3 is 2.94 bits per heavy atom. The summed E-state index contributed by atoms with van der Waals surface area (Å²) >= 11 is 3.42. The lowest BCUT2D eigenvalue weighted by Gasteiger charge is -2.02. The van der Waals surface area contributed by atoms with E-state index in [2.05, 4.69) is 31.0 Å². The minimum absolute atomic E-state index is 0.655. The van der Waals surface area contributed by atoms with Gasteiger partial charge in [0.25, 0.3) is 0 Å². The van der Waals surface area contributed by atoms with Crippen molar-refractivity contribution in [3.05, 3.63) is 53.0 Å². The van der Waals surface area contributed by atoms with Gasteiger partial charge in [0, 0.05) is 16.9 Å². The first-order chi connectivity index (χ1) is 8.33. The molecule has 17 heavy (non-hydrogen) atoms. The van der Waals surface area contributed by atoms with Crippen LogP contribution in [0.25, 0.3) is 11.0 Å². The molecule has 0 aromatic carbocycles. The topological polar surface area (TPSA) is 43.6 Å². The smallest absolute Gasteiger partial charge is 0.108 e. The molecule has 0 N–H and O–H groups in total. The summed E-state index contributed by atoms with van der Waals surface area (Å²) < 4.78 is 2.85. The van der Waals surface area contributed by atoms with Crippen molar-refractivity contribution < 1.29 is 0 Å². The Morgan fingerprint density at radius 2 is 2.12 bits per heavy atom. The van der Waals surface area contributed by atoms with E-state index in [1.807, 2.05) is 28.9 Å². The molecule has 0 atom stereocenters. The van der Waals surface area contributed by atoms with Gasteiger partial charge in [0.2, 0.25) is 0 Å². The minimum Gasteiger partial charge on any atom is -0.259 e. The fraction of sp³-hybridized carbons (Fsp3) is 0.0833. The molecule has 0 saturated heterocycles. The van der Waals surface area contributed by atoms with Crippen LogP contribution in [0.1, 0.15) is 5.69 Å². The lowest BCUT2D eigenvalue weighted by Crippen LogP contribution is -2.02. The maximum Gasteiger partial charge on any atom is 0.108 e. The first kappa shape index (κ1) is 10.4. The van der Waals surface area contributed by atoms with Crippen LogP contribution in [0.2, 0.25) is 0 Å². The van der Waals surface area contributed by atoms with Gasteiger partial charge in [-0.05, 0) is 34.1 Å². The van der Waals surface area contributed by atoms with E-state index in [-0.39, 0.29) is 0 Å². The van der Waals surface area contributed by atoms with Crippen LogP contribution in [-0.2, 0) is 6.54 Å². The van der Waals surface area contributed by atoms with Gasteiger partial charge < -0.3 is 0 Å². The average Bonchev–Trinajstić information content (AvgIpc) is 2.73. The van der Waals surface area contributed by atoms with Gasteiger partial charge in [-0.25, -0.2) is 0 Å². The summed E-state index contributed by atoms with van der Waals surface area (Å²) in [6, 6.07) is 7.88. The molecule has 0 radical (unpaired) electrons. The number of fused-ring (bicyclic) bond motifs is 1.